The summed E-state index contributed by atoms with van der Waals surface area (Å²) >= 11 is 0. The van der Waals surface area contributed by atoms with Crippen LogP contribution >= 0.6 is 0 Å². The van der Waals surface area contributed by atoms with Crippen LogP contribution in [0.15, 0.2) is 24.3 Å². The number of nitrogens with one attached hydrogen (secondary N) is 1. The second-order valence-corrected chi connectivity index (χ2v) is 6.26. The van der Waals surface area contributed by atoms with Crippen molar-refractivity contribution in [2.45, 2.75) is 77.7 Å². The van der Waals surface area contributed by atoms with Crippen molar-refractivity contribution in [1.82, 2.24) is 5.28 Å². The van der Waals surface area contributed by atoms with Crippen molar-refractivity contribution in [3.63, 3.8) is 0 Å². The molecule has 5 nitrogen and oxygen atoms in total. The van der Waals surface area contributed by atoms with Gasteiger partial charge in [-0.05, 0) is 25.0 Å². The highest BCUT2D eigenvalue weighted by Gasteiger charge is 2.28. The lowest BCUT2D eigenvalue weighted by Gasteiger charge is -2.27. The van der Waals surface area contributed by atoms with Gasteiger partial charge >= 0.3 is 0 Å². The van der Waals surface area contributed by atoms with Crippen molar-refractivity contribution >= 4 is 11.4 Å². The van der Waals surface area contributed by atoms with Gasteiger partial charge in [-0.2, -0.15) is 0 Å². The Kier molecular flexibility index (Phi) is 7.65. The van der Waals surface area contributed by atoms with Crippen molar-refractivity contribution < 1.29 is 10.0 Å². The summed E-state index contributed by atoms with van der Waals surface area (Å²) in [6.45, 7) is 4.43. The Morgan fingerprint density at radius 3 is 2.48 bits per heavy atom. The number of para-hydroxylation sites is 2. The summed E-state index contributed by atoms with van der Waals surface area (Å²) in [5.41, 5.74) is 4.59. The molecule has 0 radical (unpaired) electrons. The van der Waals surface area contributed by atoms with E-state index in [2.05, 4.69) is 19.3 Å². The second kappa shape index (κ2) is 9.75. The van der Waals surface area contributed by atoms with E-state index in [0.717, 1.165) is 42.3 Å². The smallest absolute Gasteiger partial charge is 0.111 e. The van der Waals surface area contributed by atoms with Gasteiger partial charge in [-0.1, -0.05) is 70.9 Å². The fraction of sp³-hybridized carbons (Fsp3) is 0.667. The summed E-state index contributed by atoms with van der Waals surface area (Å²) in [5, 5.41) is 12.5. The summed E-state index contributed by atoms with van der Waals surface area (Å²) in [7, 11) is 0. The van der Waals surface area contributed by atoms with Crippen LogP contribution in [0.4, 0.5) is 11.4 Å². The van der Waals surface area contributed by atoms with Gasteiger partial charge in [0.15, 0.2) is 0 Å². The number of hydrogen-bond donors (Lipinski definition) is 2. The number of hydrazine groups is 2. The molecule has 0 saturated carbocycles. The average molecular weight is 321 g/mol. The molecule has 0 fully saturated rings. The molecular weight excluding hydrogens is 290 g/mol. The molecule has 5 heteroatoms. The molecule has 2 N–H and O–H groups in total. The third-order valence-electron chi connectivity index (χ3n) is 4.26. The largest absolute Gasteiger partial charge is 0.275 e. The zero-order valence-electron chi connectivity index (χ0n) is 14.5. The van der Waals surface area contributed by atoms with Gasteiger partial charge in [0.25, 0.3) is 0 Å². The number of hydrogen-bond acceptors (Lipinski definition) is 5. The van der Waals surface area contributed by atoms with Crippen molar-refractivity contribution in [2.75, 3.05) is 10.6 Å². The van der Waals surface area contributed by atoms with Crippen molar-refractivity contribution in [3.8, 4) is 0 Å². The van der Waals surface area contributed by atoms with E-state index < -0.39 is 0 Å². The molecule has 130 valence electrons. The maximum Gasteiger partial charge on any atom is 0.111 e. The van der Waals surface area contributed by atoms with Crippen LogP contribution in [0.1, 0.15) is 71.6 Å². The number of benzene rings is 1. The molecule has 0 aromatic heterocycles. The molecule has 0 bridgehead atoms. The van der Waals surface area contributed by atoms with Gasteiger partial charge in [-0.15, -0.1) is 5.17 Å². The lowest BCUT2D eigenvalue weighted by molar-refractivity contribution is -0.176. The van der Waals surface area contributed by atoms with E-state index in [1.165, 1.54) is 37.3 Å². The van der Waals surface area contributed by atoms with Crippen molar-refractivity contribution in [2.24, 2.45) is 0 Å². The molecule has 1 unspecified atom stereocenters. The third-order valence-corrected chi connectivity index (χ3v) is 4.26. The van der Waals surface area contributed by atoms with E-state index in [0.29, 0.717) is 0 Å². The molecule has 1 aliphatic rings. The highest BCUT2D eigenvalue weighted by molar-refractivity contribution is 5.71. The normalized spacial score (nSPS) is 15.5. The Bertz CT molecular complexity index is 456. The number of rotatable bonds is 11. The highest BCUT2D eigenvalue weighted by Crippen LogP contribution is 2.33. The highest BCUT2D eigenvalue weighted by atomic mass is 16.8. The maximum absolute atomic E-state index is 10.0. The van der Waals surface area contributed by atoms with Crippen molar-refractivity contribution in [1.29, 1.82) is 0 Å². The number of nitrogens with zero attached hydrogens (tertiary/aromatic N) is 2. The molecule has 1 aromatic rings. The van der Waals surface area contributed by atoms with Gasteiger partial charge in [0.1, 0.15) is 5.69 Å². The predicted octanol–water partition coefficient (Wildman–Crippen LogP) is 5.29. The summed E-state index contributed by atoms with van der Waals surface area (Å²) in [4.78, 5) is 6.11. The predicted molar refractivity (Wildman–Crippen MR) is 93.9 cm³/mol. The van der Waals surface area contributed by atoms with Gasteiger partial charge in [0.2, 0.25) is 0 Å². The monoisotopic (exact) mass is 321 g/mol. The Labute approximate surface area is 140 Å². The molecular formula is C18H31N3O2. The molecule has 1 atom stereocenters. The quantitative estimate of drug-likeness (QED) is 0.542. The second-order valence-electron chi connectivity index (χ2n) is 6.26. The minimum atomic E-state index is 0.138. The van der Waals surface area contributed by atoms with Gasteiger partial charge in [0.05, 0.1) is 11.8 Å². The molecule has 0 aliphatic carbocycles. The van der Waals surface area contributed by atoms with Crippen LogP contribution in [-0.4, -0.2) is 16.6 Å². The van der Waals surface area contributed by atoms with Crippen LogP contribution in [-0.2, 0) is 4.84 Å². The molecule has 1 aliphatic heterocycles. The van der Waals surface area contributed by atoms with Gasteiger partial charge in [-0.3, -0.25) is 15.5 Å². The summed E-state index contributed by atoms with van der Waals surface area (Å²) in [6, 6.07) is 7.75. The first-order valence-electron chi connectivity index (χ1n) is 9.07. The molecule has 1 aromatic carbocycles. The lowest BCUT2D eigenvalue weighted by atomic mass is 10.0. The maximum atomic E-state index is 10.0. The minimum absolute atomic E-state index is 0.138. The molecule has 0 saturated heterocycles. The first-order chi connectivity index (χ1) is 11.3. The summed E-state index contributed by atoms with van der Waals surface area (Å²) in [5.74, 6) is 0. The fourth-order valence-corrected chi connectivity index (χ4v) is 2.89. The number of anilines is 2. The third kappa shape index (κ3) is 5.37. The molecule has 2 rings (SSSR count). The van der Waals surface area contributed by atoms with E-state index >= 15 is 0 Å². The summed E-state index contributed by atoms with van der Waals surface area (Å²) in [6.07, 6.45) is 10.8. The van der Waals surface area contributed by atoms with E-state index in [1.807, 2.05) is 24.3 Å². The van der Waals surface area contributed by atoms with Crippen LogP contribution in [0, 0.1) is 0 Å². The van der Waals surface area contributed by atoms with E-state index in [9.17, 15) is 5.21 Å². The molecule has 23 heavy (non-hydrogen) atoms. The standard InChI is InChI=1S/C18H31N3O2/c1-3-5-7-8-9-13-16(12-6-4-2)23-20-18-15-11-10-14-17(18)19-21(20)22/h10-11,14-16,19,22H,3-9,12-13H2,1-2H3. The Morgan fingerprint density at radius 2 is 1.70 bits per heavy atom. The first kappa shape index (κ1) is 18.0. The molecule has 1 heterocycles. The van der Waals surface area contributed by atoms with Crippen LogP contribution in [0.3, 0.4) is 0 Å². The lowest BCUT2D eigenvalue weighted by Crippen LogP contribution is -2.41. The molecule has 0 spiro atoms. The Hall–Kier alpha value is -1.30. The fourth-order valence-electron chi connectivity index (χ4n) is 2.89. The van der Waals surface area contributed by atoms with E-state index in [-0.39, 0.29) is 6.10 Å². The Morgan fingerprint density at radius 1 is 1.00 bits per heavy atom. The van der Waals surface area contributed by atoms with E-state index in [4.69, 9.17) is 4.84 Å². The first-order valence-corrected chi connectivity index (χ1v) is 9.07. The van der Waals surface area contributed by atoms with E-state index in [1.54, 1.807) is 0 Å². The minimum Gasteiger partial charge on any atom is -0.275 e. The van der Waals surface area contributed by atoms with Crippen LogP contribution in [0.25, 0.3) is 0 Å². The van der Waals surface area contributed by atoms with Gasteiger partial charge < -0.3 is 0 Å². The van der Waals surface area contributed by atoms with Crippen LogP contribution < -0.4 is 10.6 Å². The Balaban J connectivity index is 1.89. The average Bonchev–Trinajstić information content (AvgIpc) is 2.87. The van der Waals surface area contributed by atoms with Crippen LogP contribution in [0.5, 0.6) is 0 Å². The summed E-state index contributed by atoms with van der Waals surface area (Å²) < 4.78 is 0. The topological polar surface area (TPSA) is 48.0 Å². The number of fused-ring (bicyclic) bond motifs is 1. The van der Waals surface area contributed by atoms with Gasteiger partial charge in [0, 0.05) is 5.28 Å². The van der Waals surface area contributed by atoms with Gasteiger partial charge in [-0.25, -0.2) is 0 Å². The van der Waals surface area contributed by atoms with Crippen LogP contribution in [0.2, 0.25) is 0 Å². The molecule has 0 amide bonds. The number of unbranched alkanes of at least 4 members (excludes halogenated alkanes) is 5. The zero-order chi connectivity index (χ0) is 16.5. The van der Waals surface area contributed by atoms with Crippen molar-refractivity contribution in [3.05, 3.63) is 24.3 Å². The zero-order valence-corrected chi connectivity index (χ0v) is 14.5. The SMILES string of the molecule is CCCCCCCC(CCCC)ON1c2ccccc2NN1O.